The number of rotatable bonds is 12. The van der Waals surface area contributed by atoms with Crippen molar-refractivity contribution in [1.82, 2.24) is 4.90 Å². The number of benzene rings is 1. The molecule has 218 valence electrons. The van der Waals surface area contributed by atoms with Crippen LogP contribution in [0.4, 0.5) is 5.69 Å². The minimum atomic E-state index is -1.24. The van der Waals surface area contributed by atoms with E-state index in [0.717, 1.165) is 16.8 Å². The first-order chi connectivity index (χ1) is 19.0. The highest BCUT2D eigenvalue weighted by Gasteiger charge is 2.77. The largest absolute Gasteiger partial charge is 0.465 e. The zero-order valence-corrected chi connectivity index (χ0v) is 25.4. The van der Waals surface area contributed by atoms with Crippen LogP contribution in [0.1, 0.15) is 44.2 Å². The van der Waals surface area contributed by atoms with Crippen molar-refractivity contribution < 1.29 is 29.0 Å². The van der Waals surface area contributed by atoms with Crippen LogP contribution < -0.4 is 4.90 Å². The number of esters is 1. The number of likely N-dealkylation sites (tertiary alicyclic amines) is 1. The number of hydrogen-bond acceptors (Lipinski definition) is 6. The minimum Gasteiger partial charge on any atom is -0.465 e. The maximum absolute atomic E-state index is 14.8. The normalized spacial score (nSPS) is 29.4. The molecule has 3 unspecified atom stereocenters. The van der Waals surface area contributed by atoms with Crippen LogP contribution in [0.5, 0.6) is 0 Å². The third kappa shape index (κ3) is 5.05. The Balaban J connectivity index is 1.85. The number of carbonyl (C=O) groups excluding carboxylic acids is 3. The predicted molar refractivity (Wildman–Crippen MR) is 157 cm³/mol. The van der Waals surface area contributed by atoms with Crippen molar-refractivity contribution in [1.29, 1.82) is 0 Å². The zero-order chi connectivity index (χ0) is 29.4. The lowest BCUT2D eigenvalue weighted by atomic mass is 9.70. The van der Waals surface area contributed by atoms with Crippen molar-refractivity contribution in [2.75, 3.05) is 24.7 Å². The zero-order valence-electron chi connectivity index (χ0n) is 23.8. The standard InChI is InChI=1S/C31H41BrN2O6/c1-7-9-14-39-30(38)23-24-28(36)34(21(17-35)15-18(3)4)27(31(24)16-22(32)26(23)40-31)29(37)33(13-8-2)25-19(5)11-10-12-20(25)6/h7-8,10-12,18,21-24,26-27,35H,1-2,9,13-17H2,3-6H3/t21-,22?,23+,24+,26+,27?,31?/m1/s1. The molecule has 3 saturated heterocycles. The summed E-state index contributed by atoms with van der Waals surface area (Å²) in [4.78, 5) is 45.5. The molecule has 3 fully saturated rings. The van der Waals surface area contributed by atoms with Gasteiger partial charge in [0.05, 0.1) is 37.2 Å². The summed E-state index contributed by atoms with van der Waals surface area (Å²) in [7, 11) is 0. The smallest absolute Gasteiger partial charge is 0.312 e. The van der Waals surface area contributed by atoms with E-state index in [2.05, 4.69) is 29.1 Å². The molecule has 1 aromatic rings. The molecule has 0 radical (unpaired) electrons. The van der Waals surface area contributed by atoms with Gasteiger partial charge in [0.25, 0.3) is 5.91 Å². The number of aryl methyl sites for hydroxylation is 2. The van der Waals surface area contributed by atoms with Gasteiger partial charge in [-0.2, -0.15) is 0 Å². The van der Waals surface area contributed by atoms with Gasteiger partial charge in [-0.3, -0.25) is 14.4 Å². The Morgan fingerprint density at radius 2 is 1.95 bits per heavy atom. The number of fused-ring (bicyclic) bond motifs is 1. The number of amides is 2. The van der Waals surface area contributed by atoms with Crippen LogP contribution in [-0.2, 0) is 23.9 Å². The van der Waals surface area contributed by atoms with E-state index >= 15 is 0 Å². The molecule has 0 aromatic heterocycles. The van der Waals surface area contributed by atoms with Crippen molar-refractivity contribution in [3.63, 3.8) is 0 Å². The molecule has 1 aromatic carbocycles. The molecule has 9 heteroatoms. The highest BCUT2D eigenvalue weighted by atomic mass is 79.9. The Bertz CT molecular complexity index is 1150. The van der Waals surface area contributed by atoms with Gasteiger partial charge < -0.3 is 24.4 Å². The van der Waals surface area contributed by atoms with Crippen LogP contribution in [-0.4, -0.2) is 76.2 Å². The second kappa shape index (κ2) is 12.2. The number of nitrogens with zero attached hydrogens (tertiary/aromatic N) is 2. The van der Waals surface area contributed by atoms with E-state index in [1.54, 1.807) is 17.1 Å². The summed E-state index contributed by atoms with van der Waals surface area (Å²) in [5.41, 5.74) is 1.35. The van der Waals surface area contributed by atoms with Gasteiger partial charge in [-0.25, -0.2) is 0 Å². The predicted octanol–water partition coefficient (Wildman–Crippen LogP) is 4.10. The average molecular weight is 618 g/mol. The molecule has 3 aliphatic rings. The number of para-hydroxylation sites is 1. The monoisotopic (exact) mass is 616 g/mol. The lowest BCUT2D eigenvalue weighted by Crippen LogP contribution is -2.59. The maximum atomic E-state index is 14.8. The summed E-state index contributed by atoms with van der Waals surface area (Å²) in [6.45, 7) is 15.6. The second-order valence-corrected chi connectivity index (χ2v) is 12.8. The van der Waals surface area contributed by atoms with Crippen LogP contribution in [0.15, 0.2) is 43.5 Å². The summed E-state index contributed by atoms with van der Waals surface area (Å²) in [6.07, 6.45) is 4.09. The van der Waals surface area contributed by atoms with Gasteiger partial charge in [0.1, 0.15) is 11.6 Å². The Morgan fingerprint density at radius 3 is 2.52 bits per heavy atom. The first-order valence-electron chi connectivity index (χ1n) is 14.0. The lowest BCUT2D eigenvalue weighted by Gasteiger charge is -2.40. The summed E-state index contributed by atoms with van der Waals surface area (Å²) in [5, 5.41) is 10.5. The molecule has 7 atom stereocenters. The third-order valence-electron chi connectivity index (χ3n) is 8.43. The molecular weight excluding hydrogens is 576 g/mol. The molecular formula is C31H41BrN2O6. The van der Waals surface area contributed by atoms with E-state index < -0.39 is 41.6 Å². The summed E-state index contributed by atoms with van der Waals surface area (Å²) in [5.74, 6) is -2.75. The number of carbonyl (C=O) groups is 3. The highest BCUT2D eigenvalue weighted by Crippen LogP contribution is 2.61. The van der Waals surface area contributed by atoms with Crippen LogP contribution >= 0.6 is 15.9 Å². The van der Waals surface area contributed by atoms with Gasteiger partial charge in [0.2, 0.25) is 5.91 Å². The first kappa shape index (κ1) is 30.5. The molecule has 1 spiro atoms. The number of alkyl halides is 1. The number of halogens is 1. The van der Waals surface area contributed by atoms with Crippen molar-refractivity contribution in [2.45, 2.75) is 75.6 Å². The van der Waals surface area contributed by atoms with E-state index in [1.807, 2.05) is 45.9 Å². The van der Waals surface area contributed by atoms with Gasteiger partial charge in [0.15, 0.2) is 0 Å². The van der Waals surface area contributed by atoms with E-state index in [-0.39, 0.29) is 42.3 Å². The quantitative estimate of drug-likeness (QED) is 0.164. The fourth-order valence-corrected chi connectivity index (χ4v) is 7.91. The van der Waals surface area contributed by atoms with Gasteiger partial charge in [0, 0.05) is 17.1 Å². The van der Waals surface area contributed by atoms with Crippen molar-refractivity contribution in [2.24, 2.45) is 17.8 Å². The van der Waals surface area contributed by atoms with Crippen LogP contribution in [0.25, 0.3) is 0 Å². The van der Waals surface area contributed by atoms with Gasteiger partial charge in [-0.1, -0.05) is 60.1 Å². The molecule has 40 heavy (non-hydrogen) atoms. The summed E-state index contributed by atoms with van der Waals surface area (Å²) >= 11 is 3.69. The molecule has 2 amide bonds. The Labute approximate surface area is 245 Å². The van der Waals surface area contributed by atoms with Gasteiger partial charge in [-0.15, -0.1) is 13.2 Å². The second-order valence-electron chi connectivity index (χ2n) is 11.6. The fourth-order valence-electron chi connectivity index (χ4n) is 6.97. The summed E-state index contributed by atoms with van der Waals surface area (Å²) < 4.78 is 12.2. The Morgan fingerprint density at radius 1 is 1.27 bits per heavy atom. The molecule has 4 rings (SSSR count). The van der Waals surface area contributed by atoms with Gasteiger partial charge in [-0.05, 0) is 50.2 Å². The molecule has 8 nitrogen and oxygen atoms in total. The number of ether oxygens (including phenoxy) is 2. The van der Waals surface area contributed by atoms with Gasteiger partial charge >= 0.3 is 5.97 Å². The molecule has 3 heterocycles. The maximum Gasteiger partial charge on any atom is 0.312 e. The Hall–Kier alpha value is -2.49. The highest BCUT2D eigenvalue weighted by molar-refractivity contribution is 9.09. The SMILES string of the molecule is C=CCCOC(=O)[C@H]1[C@H]2C(=O)N([C@@H](CO)CC(C)C)C(C(=O)N(CC=C)c3c(C)cccc3C)C23CC(Br)[C@@H]1O3. The third-order valence-corrected chi connectivity index (χ3v) is 9.28. The van der Waals surface area contributed by atoms with Crippen molar-refractivity contribution in [3.05, 3.63) is 54.6 Å². The van der Waals surface area contributed by atoms with E-state index in [4.69, 9.17) is 9.47 Å². The van der Waals surface area contributed by atoms with Crippen LogP contribution in [0.2, 0.25) is 0 Å². The average Bonchev–Trinajstić information content (AvgIpc) is 3.49. The molecule has 1 N–H and O–H groups in total. The van der Waals surface area contributed by atoms with Crippen molar-refractivity contribution >= 4 is 39.4 Å². The number of aliphatic hydroxyl groups is 1. The van der Waals surface area contributed by atoms with Crippen molar-refractivity contribution in [3.8, 4) is 0 Å². The topological polar surface area (TPSA) is 96.4 Å². The van der Waals surface area contributed by atoms with E-state index in [0.29, 0.717) is 19.3 Å². The first-order valence-corrected chi connectivity index (χ1v) is 15.0. The molecule has 3 aliphatic heterocycles. The number of hydrogen-bond donors (Lipinski definition) is 1. The van der Waals surface area contributed by atoms with E-state index in [9.17, 15) is 19.5 Å². The van der Waals surface area contributed by atoms with Crippen LogP contribution in [0.3, 0.4) is 0 Å². The fraction of sp³-hybridized carbons (Fsp3) is 0.581. The Kier molecular flexibility index (Phi) is 9.27. The van der Waals surface area contributed by atoms with E-state index in [1.165, 1.54) is 4.90 Å². The number of aliphatic hydroxyl groups excluding tert-OH is 1. The number of anilines is 1. The lowest BCUT2D eigenvalue weighted by molar-refractivity contribution is -0.155. The summed E-state index contributed by atoms with van der Waals surface area (Å²) in [6, 6.07) is 4.19. The molecule has 0 aliphatic carbocycles. The molecule has 2 bridgehead atoms. The van der Waals surface area contributed by atoms with Crippen LogP contribution in [0, 0.1) is 31.6 Å². The minimum absolute atomic E-state index is 0.155. The molecule has 0 saturated carbocycles.